The largest absolute Gasteiger partial charge is 0.441 e. The van der Waals surface area contributed by atoms with Crippen molar-refractivity contribution in [3.63, 3.8) is 0 Å². The minimum Gasteiger partial charge on any atom is -0.441 e. The predicted octanol–water partition coefficient (Wildman–Crippen LogP) is 5.25. The summed E-state index contributed by atoms with van der Waals surface area (Å²) >= 11 is 0. The van der Waals surface area contributed by atoms with E-state index in [9.17, 15) is 18.4 Å². The van der Waals surface area contributed by atoms with E-state index in [2.05, 4.69) is 20.0 Å². The van der Waals surface area contributed by atoms with Crippen LogP contribution in [0, 0.1) is 18.2 Å². The van der Waals surface area contributed by atoms with Crippen molar-refractivity contribution in [2.75, 3.05) is 26.2 Å². The van der Waals surface area contributed by atoms with Gasteiger partial charge in [-0.25, -0.2) is 33.1 Å². The topological polar surface area (TPSA) is 84.1 Å². The Morgan fingerprint density at radius 2 is 1.95 bits per heavy atom. The summed E-state index contributed by atoms with van der Waals surface area (Å²) in [5.74, 6) is -1.72. The highest BCUT2D eigenvalue weighted by molar-refractivity contribution is 5.93. The van der Waals surface area contributed by atoms with Crippen LogP contribution in [0.4, 0.5) is 24.1 Å². The molecule has 2 unspecified atom stereocenters. The van der Waals surface area contributed by atoms with Gasteiger partial charge in [0.1, 0.15) is 12.1 Å². The summed E-state index contributed by atoms with van der Waals surface area (Å²) in [6.45, 7) is 10.5. The zero-order valence-electron chi connectivity index (χ0n) is 21.9. The number of ether oxygens (including phenoxy) is 1. The van der Waals surface area contributed by atoms with Gasteiger partial charge in [0.05, 0.1) is 19.4 Å². The van der Waals surface area contributed by atoms with E-state index < -0.39 is 35.9 Å². The number of hydrogen-bond acceptors (Lipinski definition) is 5. The molecule has 2 aliphatic heterocycles. The number of amides is 3. The van der Waals surface area contributed by atoms with Crippen LogP contribution in [-0.4, -0.2) is 63.8 Å². The molecule has 5 rings (SSSR count). The zero-order chi connectivity index (χ0) is 28.1. The molecule has 0 radical (unpaired) electrons. The molecule has 9 nitrogen and oxygen atoms in total. The van der Waals surface area contributed by atoms with Crippen LogP contribution in [0.25, 0.3) is 4.85 Å². The number of aromatic nitrogens is 2. The van der Waals surface area contributed by atoms with E-state index in [1.807, 2.05) is 24.3 Å². The smallest absolute Gasteiger partial charge is 0.419 e. The molecule has 0 spiro atoms. The molecule has 11 heteroatoms. The maximum Gasteiger partial charge on any atom is 0.419 e. The molecule has 2 aromatic carbocycles. The maximum atomic E-state index is 14.1. The van der Waals surface area contributed by atoms with E-state index >= 15 is 0 Å². The molecular weight excluding hydrogens is 518 g/mol. The molecule has 0 saturated carbocycles. The standard InChI is InChI=1S/C29H30F2N6O3/c1-32-25-6-3-2-5-22(25)20-9-14-35(15-10-20)13-4-11-34-28(38)37-27(21-7-8-23(30)24(31)17-21)26(40-29(37)39)18-36-16-12-33-19-36/h2-3,5-8,12,16-17,19-20,26-27H,4,9-11,13-15,18H2,(H,34,38). The number of cyclic esters (lactones) is 1. The molecule has 3 heterocycles. The van der Waals surface area contributed by atoms with Crippen molar-refractivity contribution in [3.05, 3.63) is 95.4 Å². The van der Waals surface area contributed by atoms with Gasteiger partial charge in [-0.15, -0.1) is 0 Å². The number of carbonyl (C=O) groups is 2. The third kappa shape index (κ3) is 5.97. The number of likely N-dealkylation sites (tertiary alicyclic amines) is 1. The van der Waals surface area contributed by atoms with Gasteiger partial charge in [-0.1, -0.05) is 30.3 Å². The quantitative estimate of drug-likeness (QED) is 0.307. The Balaban J connectivity index is 1.16. The van der Waals surface area contributed by atoms with E-state index in [1.165, 1.54) is 6.07 Å². The summed E-state index contributed by atoms with van der Waals surface area (Å²) in [6, 6.07) is 9.50. The minimum absolute atomic E-state index is 0.190. The summed E-state index contributed by atoms with van der Waals surface area (Å²) < 4.78 is 34.9. The highest BCUT2D eigenvalue weighted by Crippen LogP contribution is 2.36. The summed E-state index contributed by atoms with van der Waals surface area (Å²) in [7, 11) is 0. The number of piperidine rings is 1. The van der Waals surface area contributed by atoms with Gasteiger partial charge >= 0.3 is 12.1 Å². The van der Waals surface area contributed by atoms with Gasteiger partial charge in [0.15, 0.2) is 17.3 Å². The number of carbonyl (C=O) groups excluding carboxylic acids is 2. The van der Waals surface area contributed by atoms with Crippen LogP contribution in [0.1, 0.15) is 42.3 Å². The molecule has 40 heavy (non-hydrogen) atoms. The highest BCUT2D eigenvalue weighted by Gasteiger charge is 2.46. The summed E-state index contributed by atoms with van der Waals surface area (Å²) in [5.41, 5.74) is 2.09. The first-order chi connectivity index (χ1) is 19.4. The van der Waals surface area contributed by atoms with E-state index in [0.29, 0.717) is 18.9 Å². The number of halogens is 2. The van der Waals surface area contributed by atoms with Crippen molar-refractivity contribution < 1.29 is 23.1 Å². The van der Waals surface area contributed by atoms with Gasteiger partial charge in [0.25, 0.3) is 0 Å². The third-order valence-corrected chi connectivity index (χ3v) is 7.55. The number of urea groups is 1. The summed E-state index contributed by atoms with van der Waals surface area (Å²) in [4.78, 5) is 36.8. The van der Waals surface area contributed by atoms with E-state index in [1.54, 1.807) is 23.3 Å². The Labute approximate surface area is 231 Å². The first-order valence-corrected chi connectivity index (χ1v) is 13.3. The Kier molecular flexibility index (Phi) is 8.36. The van der Waals surface area contributed by atoms with Gasteiger partial charge in [0, 0.05) is 18.9 Å². The number of para-hydroxylation sites is 1. The molecule has 0 aliphatic carbocycles. The lowest BCUT2D eigenvalue weighted by atomic mass is 9.88. The van der Waals surface area contributed by atoms with E-state index in [0.717, 1.165) is 60.8 Å². The predicted molar refractivity (Wildman–Crippen MR) is 143 cm³/mol. The molecule has 3 aromatic rings. The fraction of sp³-hybridized carbons (Fsp3) is 0.379. The number of benzene rings is 2. The van der Waals surface area contributed by atoms with Crippen molar-refractivity contribution >= 4 is 17.8 Å². The van der Waals surface area contributed by atoms with Gasteiger partial charge < -0.3 is 19.5 Å². The lowest BCUT2D eigenvalue weighted by Crippen LogP contribution is -2.44. The maximum absolute atomic E-state index is 14.1. The van der Waals surface area contributed by atoms with Gasteiger partial charge in [-0.3, -0.25) is 0 Å². The summed E-state index contributed by atoms with van der Waals surface area (Å²) in [5, 5.41) is 2.79. The molecule has 0 bridgehead atoms. The second-order valence-corrected chi connectivity index (χ2v) is 10.0. The molecule has 2 fully saturated rings. The fourth-order valence-corrected chi connectivity index (χ4v) is 5.52. The molecule has 2 aliphatic rings. The molecule has 1 aromatic heterocycles. The number of rotatable bonds is 8. The van der Waals surface area contributed by atoms with Gasteiger partial charge in [0.2, 0.25) is 0 Å². The number of imide groups is 1. The second-order valence-electron chi connectivity index (χ2n) is 10.0. The monoisotopic (exact) mass is 548 g/mol. The van der Waals surface area contributed by atoms with Crippen molar-refractivity contribution in [3.8, 4) is 0 Å². The van der Waals surface area contributed by atoms with Gasteiger partial charge in [-0.2, -0.15) is 0 Å². The fourth-order valence-electron chi connectivity index (χ4n) is 5.52. The zero-order valence-corrected chi connectivity index (χ0v) is 21.9. The van der Waals surface area contributed by atoms with Crippen molar-refractivity contribution in [2.45, 2.75) is 43.9 Å². The molecule has 2 saturated heterocycles. The first-order valence-electron chi connectivity index (χ1n) is 13.3. The highest BCUT2D eigenvalue weighted by atomic mass is 19.2. The van der Waals surface area contributed by atoms with Crippen molar-refractivity contribution in [1.29, 1.82) is 0 Å². The Bertz CT molecular complexity index is 1380. The number of imidazole rings is 1. The minimum atomic E-state index is -1.07. The van der Waals surface area contributed by atoms with Crippen LogP contribution in [0.2, 0.25) is 0 Å². The Morgan fingerprint density at radius 1 is 1.15 bits per heavy atom. The van der Waals surface area contributed by atoms with E-state index in [-0.39, 0.29) is 12.1 Å². The molecule has 2 atom stereocenters. The average Bonchev–Trinajstić information content (AvgIpc) is 3.60. The molecule has 1 N–H and O–H groups in total. The normalized spacial score (nSPS) is 19.8. The Morgan fingerprint density at radius 3 is 2.67 bits per heavy atom. The van der Waals surface area contributed by atoms with Crippen molar-refractivity contribution in [2.24, 2.45) is 0 Å². The van der Waals surface area contributed by atoms with Crippen LogP contribution in [-0.2, 0) is 11.3 Å². The summed E-state index contributed by atoms with van der Waals surface area (Å²) in [6.07, 6.45) is 5.75. The van der Waals surface area contributed by atoms with Crippen LogP contribution < -0.4 is 5.32 Å². The molecular formula is C29H30F2N6O3. The van der Waals surface area contributed by atoms with Crippen molar-refractivity contribution in [1.82, 2.24) is 24.7 Å². The second kappa shape index (κ2) is 12.3. The molecule has 3 amide bonds. The van der Waals surface area contributed by atoms with Crippen LogP contribution in [0.5, 0.6) is 0 Å². The lowest BCUT2D eigenvalue weighted by Gasteiger charge is -2.32. The first kappa shape index (κ1) is 27.3. The SMILES string of the molecule is [C-]#[N+]c1ccccc1C1CCN(CCCNC(=O)N2C(=O)OC(Cn3ccnc3)C2c2ccc(F)c(F)c2)CC1. The van der Waals surface area contributed by atoms with Crippen LogP contribution in [0.15, 0.2) is 61.2 Å². The van der Waals surface area contributed by atoms with Gasteiger partial charge in [-0.05, 0) is 68.1 Å². The average molecular weight is 549 g/mol. The Hall–Kier alpha value is -4.30. The van der Waals surface area contributed by atoms with E-state index in [4.69, 9.17) is 11.3 Å². The number of hydrogen-bond donors (Lipinski definition) is 1. The lowest BCUT2D eigenvalue weighted by molar-refractivity contribution is 0.120. The van der Waals surface area contributed by atoms with Crippen LogP contribution >= 0.6 is 0 Å². The molecule has 208 valence electrons. The third-order valence-electron chi connectivity index (χ3n) is 7.55. The number of nitrogens with zero attached hydrogens (tertiary/aromatic N) is 5. The number of nitrogens with one attached hydrogen (secondary N) is 1. The van der Waals surface area contributed by atoms with Crippen LogP contribution in [0.3, 0.4) is 0 Å².